The van der Waals surface area contributed by atoms with Crippen LogP contribution in [0.1, 0.15) is 65.9 Å². The first-order valence-corrected chi connectivity index (χ1v) is 9.62. The van der Waals surface area contributed by atoms with Gasteiger partial charge in [0, 0.05) is 24.7 Å². The Bertz CT molecular complexity index is 525. The second-order valence-electron chi connectivity index (χ2n) is 8.05. The molecule has 4 nitrogen and oxygen atoms in total. The third-order valence-corrected chi connectivity index (χ3v) is 4.88. The van der Waals surface area contributed by atoms with Gasteiger partial charge in [0.05, 0.1) is 0 Å². The van der Waals surface area contributed by atoms with Gasteiger partial charge >= 0.3 is 6.09 Å². The van der Waals surface area contributed by atoms with Crippen LogP contribution in [-0.2, 0) is 11.3 Å². The number of hydrogen-bond acceptors (Lipinski definition) is 3. The van der Waals surface area contributed by atoms with E-state index in [1.165, 1.54) is 5.56 Å². The summed E-state index contributed by atoms with van der Waals surface area (Å²) in [6.07, 6.45) is 3.73. The Hall–Kier alpha value is -1.55. The minimum Gasteiger partial charge on any atom is -0.444 e. The fourth-order valence-corrected chi connectivity index (χ4v) is 3.64. The maximum absolute atomic E-state index is 12.7. The molecule has 2 rings (SSSR count). The largest absolute Gasteiger partial charge is 0.444 e. The normalized spacial score (nSPS) is 24.2. The van der Waals surface area contributed by atoms with Crippen LogP contribution in [0.25, 0.3) is 0 Å². The second-order valence-corrected chi connectivity index (χ2v) is 8.05. The predicted octanol–water partition coefficient (Wildman–Crippen LogP) is 4.73. The highest BCUT2D eigenvalue weighted by Gasteiger charge is 2.38. The van der Waals surface area contributed by atoms with E-state index in [1.807, 2.05) is 31.7 Å². The summed E-state index contributed by atoms with van der Waals surface area (Å²) < 4.78 is 5.67. The number of nitrogens with zero attached hydrogens (tertiary/aromatic N) is 1. The van der Waals surface area contributed by atoms with E-state index in [9.17, 15) is 4.79 Å². The number of carbonyl (C=O) groups excluding carboxylic acids is 1. The summed E-state index contributed by atoms with van der Waals surface area (Å²) in [4.78, 5) is 14.7. The molecule has 1 heterocycles. The molecule has 2 unspecified atom stereocenters. The number of rotatable bonds is 5. The van der Waals surface area contributed by atoms with E-state index in [0.717, 1.165) is 32.2 Å². The topological polar surface area (TPSA) is 41.6 Å². The molecule has 0 saturated carbocycles. The molecule has 1 aliphatic heterocycles. The lowest BCUT2D eigenvalue weighted by Gasteiger charge is -2.45. The van der Waals surface area contributed by atoms with E-state index < -0.39 is 5.60 Å². The van der Waals surface area contributed by atoms with Crippen LogP contribution in [0.2, 0.25) is 0 Å². The van der Waals surface area contributed by atoms with Crippen molar-refractivity contribution in [3.05, 3.63) is 35.9 Å². The monoisotopic (exact) mass is 346 g/mol. The molecule has 0 aromatic heterocycles. The quantitative estimate of drug-likeness (QED) is 0.838. The summed E-state index contributed by atoms with van der Waals surface area (Å²) in [6.45, 7) is 11.0. The summed E-state index contributed by atoms with van der Waals surface area (Å²) in [5.41, 5.74) is 0.856. The fraction of sp³-hybridized carbons (Fsp3) is 0.667. The summed E-state index contributed by atoms with van der Waals surface area (Å²) in [5.74, 6) is 0. The number of hydrogen-bond donors (Lipinski definition) is 1. The minimum absolute atomic E-state index is 0.160. The van der Waals surface area contributed by atoms with Crippen LogP contribution >= 0.6 is 0 Å². The average molecular weight is 347 g/mol. The van der Waals surface area contributed by atoms with Crippen molar-refractivity contribution in [2.45, 2.75) is 90.6 Å². The Labute approximate surface area is 152 Å². The number of amides is 1. The van der Waals surface area contributed by atoms with Crippen molar-refractivity contribution in [1.29, 1.82) is 0 Å². The van der Waals surface area contributed by atoms with Gasteiger partial charge in [-0.2, -0.15) is 0 Å². The number of ether oxygens (including phenoxy) is 1. The van der Waals surface area contributed by atoms with Crippen molar-refractivity contribution < 1.29 is 9.53 Å². The van der Waals surface area contributed by atoms with Crippen LogP contribution in [0.15, 0.2) is 30.3 Å². The van der Waals surface area contributed by atoms with Gasteiger partial charge in [-0.15, -0.1) is 0 Å². The van der Waals surface area contributed by atoms with Crippen molar-refractivity contribution in [2.75, 3.05) is 0 Å². The first-order valence-electron chi connectivity index (χ1n) is 9.62. The number of nitrogens with one attached hydrogen (secondary N) is 1. The Balaban J connectivity index is 2.02. The zero-order valence-electron chi connectivity index (χ0n) is 16.4. The lowest BCUT2D eigenvalue weighted by Crippen LogP contribution is -2.56. The average Bonchev–Trinajstić information content (AvgIpc) is 2.58. The molecule has 1 amide bonds. The van der Waals surface area contributed by atoms with Crippen LogP contribution in [0.3, 0.4) is 0 Å². The van der Waals surface area contributed by atoms with E-state index in [2.05, 4.69) is 43.4 Å². The van der Waals surface area contributed by atoms with Gasteiger partial charge in [-0.1, -0.05) is 44.2 Å². The molecule has 1 fully saturated rings. The molecule has 0 bridgehead atoms. The highest BCUT2D eigenvalue weighted by atomic mass is 16.6. The predicted molar refractivity (Wildman–Crippen MR) is 103 cm³/mol. The van der Waals surface area contributed by atoms with Gasteiger partial charge in [0.1, 0.15) is 5.60 Å². The van der Waals surface area contributed by atoms with E-state index in [-0.39, 0.29) is 18.2 Å². The second kappa shape index (κ2) is 8.70. The standard InChI is InChI=1S/C21H34N2O2/c1-6-18-13-17(22-15-16-11-9-8-10-12-16)14-19(7-2)23(18)20(24)25-21(3,4)5/h8-12,17-19,22H,6-7,13-15H2,1-5H3. The summed E-state index contributed by atoms with van der Waals surface area (Å²) in [6, 6.07) is 11.4. The summed E-state index contributed by atoms with van der Waals surface area (Å²) in [5, 5.41) is 3.70. The minimum atomic E-state index is -0.448. The van der Waals surface area contributed by atoms with Gasteiger partial charge in [0.2, 0.25) is 0 Å². The lowest BCUT2D eigenvalue weighted by atomic mass is 9.88. The lowest BCUT2D eigenvalue weighted by molar-refractivity contribution is -0.0112. The van der Waals surface area contributed by atoms with Crippen LogP contribution in [0.5, 0.6) is 0 Å². The van der Waals surface area contributed by atoms with Gasteiger partial charge in [-0.3, -0.25) is 0 Å². The Kier molecular flexibility index (Phi) is 6.88. The molecule has 0 spiro atoms. The molecule has 140 valence electrons. The molecule has 1 aliphatic rings. The molecule has 4 heteroatoms. The molecule has 1 saturated heterocycles. The third-order valence-electron chi connectivity index (χ3n) is 4.88. The van der Waals surface area contributed by atoms with E-state index in [1.54, 1.807) is 0 Å². The van der Waals surface area contributed by atoms with Crippen LogP contribution in [0, 0.1) is 0 Å². The SMILES string of the molecule is CCC1CC(NCc2ccccc2)CC(CC)N1C(=O)OC(C)(C)C. The van der Waals surface area contributed by atoms with Gasteiger partial charge in [-0.05, 0) is 52.0 Å². The molecule has 1 aromatic carbocycles. The Morgan fingerprint density at radius 2 is 1.68 bits per heavy atom. The molecule has 0 radical (unpaired) electrons. The zero-order valence-corrected chi connectivity index (χ0v) is 16.4. The third kappa shape index (κ3) is 5.74. The molecule has 2 atom stereocenters. The first-order chi connectivity index (χ1) is 11.8. The van der Waals surface area contributed by atoms with Crippen molar-refractivity contribution in [2.24, 2.45) is 0 Å². The first kappa shape index (κ1) is 19.8. The highest BCUT2D eigenvalue weighted by Crippen LogP contribution is 2.29. The molecule has 1 aromatic rings. The Morgan fingerprint density at radius 3 is 2.16 bits per heavy atom. The van der Waals surface area contributed by atoms with Gasteiger partial charge in [-0.25, -0.2) is 4.79 Å². The van der Waals surface area contributed by atoms with E-state index in [0.29, 0.717) is 6.04 Å². The van der Waals surface area contributed by atoms with Gasteiger partial charge in [0.25, 0.3) is 0 Å². The van der Waals surface area contributed by atoms with E-state index >= 15 is 0 Å². The smallest absolute Gasteiger partial charge is 0.410 e. The van der Waals surface area contributed by atoms with Crippen molar-refractivity contribution >= 4 is 6.09 Å². The number of benzene rings is 1. The van der Waals surface area contributed by atoms with Gasteiger partial charge < -0.3 is 15.0 Å². The van der Waals surface area contributed by atoms with Gasteiger partial charge in [0.15, 0.2) is 0 Å². The number of piperidine rings is 1. The molecule has 0 aliphatic carbocycles. The van der Waals surface area contributed by atoms with E-state index in [4.69, 9.17) is 4.74 Å². The highest BCUT2D eigenvalue weighted by molar-refractivity contribution is 5.69. The Morgan fingerprint density at radius 1 is 1.12 bits per heavy atom. The number of carbonyl (C=O) groups is 1. The zero-order chi connectivity index (χ0) is 18.4. The van der Waals surface area contributed by atoms with Crippen LogP contribution in [-0.4, -0.2) is 34.7 Å². The van der Waals surface area contributed by atoms with Crippen LogP contribution in [0.4, 0.5) is 4.79 Å². The van der Waals surface area contributed by atoms with Crippen molar-refractivity contribution in [3.63, 3.8) is 0 Å². The molecule has 25 heavy (non-hydrogen) atoms. The fourth-order valence-electron chi connectivity index (χ4n) is 3.64. The number of likely N-dealkylation sites (tertiary alicyclic amines) is 1. The molecular formula is C21H34N2O2. The maximum atomic E-state index is 12.7. The molecular weight excluding hydrogens is 312 g/mol. The van der Waals surface area contributed by atoms with Crippen molar-refractivity contribution in [1.82, 2.24) is 10.2 Å². The maximum Gasteiger partial charge on any atom is 0.410 e. The summed E-state index contributed by atoms with van der Waals surface area (Å²) in [7, 11) is 0. The summed E-state index contributed by atoms with van der Waals surface area (Å²) >= 11 is 0. The molecule has 1 N–H and O–H groups in total. The van der Waals surface area contributed by atoms with Crippen LogP contribution < -0.4 is 5.32 Å². The van der Waals surface area contributed by atoms with Crippen molar-refractivity contribution in [3.8, 4) is 0 Å².